The maximum atomic E-state index is 12.0. The van der Waals surface area contributed by atoms with E-state index in [1.54, 1.807) is 12.2 Å². The first-order valence-corrected chi connectivity index (χ1v) is 7.90. The molecule has 0 heterocycles. The summed E-state index contributed by atoms with van der Waals surface area (Å²) in [5, 5.41) is 0. The van der Waals surface area contributed by atoms with Gasteiger partial charge in [0.2, 0.25) is 0 Å². The summed E-state index contributed by atoms with van der Waals surface area (Å²) in [5.41, 5.74) is 4.27. The summed E-state index contributed by atoms with van der Waals surface area (Å²) < 4.78 is 0. The Morgan fingerprint density at radius 1 is 0.750 bits per heavy atom. The van der Waals surface area contributed by atoms with E-state index in [-0.39, 0.29) is 5.78 Å². The molecule has 0 spiro atoms. The van der Waals surface area contributed by atoms with Crippen molar-refractivity contribution in [1.82, 2.24) is 0 Å². The molecule has 0 saturated heterocycles. The zero-order valence-electron chi connectivity index (χ0n) is 14.7. The van der Waals surface area contributed by atoms with Crippen molar-refractivity contribution in [1.29, 1.82) is 0 Å². The minimum Gasteiger partial charge on any atom is -0.378 e. The van der Waals surface area contributed by atoms with E-state index in [0.717, 1.165) is 22.5 Å². The number of hydrogen-bond donors (Lipinski definition) is 0. The molecular formula is C21H24N2O. The van der Waals surface area contributed by atoms with Gasteiger partial charge in [-0.05, 0) is 47.5 Å². The number of carbonyl (C=O) groups is 1. The van der Waals surface area contributed by atoms with Crippen LogP contribution >= 0.6 is 0 Å². The summed E-state index contributed by atoms with van der Waals surface area (Å²) in [4.78, 5) is 16.1. The lowest BCUT2D eigenvalue weighted by molar-refractivity contribution is -0.110. The van der Waals surface area contributed by atoms with Crippen molar-refractivity contribution in [3.05, 3.63) is 71.8 Å². The fourth-order valence-electron chi connectivity index (χ4n) is 2.20. The van der Waals surface area contributed by atoms with Crippen LogP contribution < -0.4 is 9.80 Å². The molecule has 0 bridgehead atoms. The zero-order chi connectivity index (χ0) is 17.5. The molecule has 0 atom stereocenters. The molecule has 0 amide bonds. The van der Waals surface area contributed by atoms with Crippen LogP contribution in [0.3, 0.4) is 0 Å². The van der Waals surface area contributed by atoms with E-state index in [4.69, 9.17) is 0 Å². The van der Waals surface area contributed by atoms with Crippen LogP contribution in [-0.4, -0.2) is 34.0 Å². The Kier molecular flexibility index (Phi) is 5.96. The van der Waals surface area contributed by atoms with E-state index in [1.807, 2.05) is 98.7 Å². The molecule has 2 aromatic carbocycles. The molecule has 0 aliphatic heterocycles. The van der Waals surface area contributed by atoms with Crippen LogP contribution in [0.25, 0.3) is 12.2 Å². The second-order valence-electron chi connectivity index (χ2n) is 6.04. The van der Waals surface area contributed by atoms with Gasteiger partial charge in [0.15, 0.2) is 5.78 Å². The van der Waals surface area contributed by atoms with Crippen LogP contribution in [0, 0.1) is 0 Å². The Balaban J connectivity index is 2.00. The molecule has 24 heavy (non-hydrogen) atoms. The number of nitrogens with zero attached hydrogens (tertiary/aromatic N) is 2. The molecule has 0 aromatic heterocycles. The highest BCUT2D eigenvalue weighted by atomic mass is 16.1. The summed E-state index contributed by atoms with van der Waals surface area (Å²) in [6.07, 6.45) is 6.87. The average molecular weight is 320 g/mol. The normalized spacial score (nSPS) is 11.2. The first-order chi connectivity index (χ1) is 11.5. The third-order valence-corrected chi connectivity index (χ3v) is 3.68. The quantitative estimate of drug-likeness (QED) is 0.748. The Bertz CT molecular complexity index is 741. The summed E-state index contributed by atoms with van der Waals surface area (Å²) >= 11 is 0. The molecule has 3 heteroatoms. The monoisotopic (exact) mass is 320 g/mol. The van der Waals surface area contributed by atoms with Gasteiger partial charge in [0.25, 0.3) is 0 Å². The number of benzene rings is 2. The number of allylic oxidation sites excluding steroid dienone is 2. The first-order valence-electron chi connectivity index (χ1n) is 7.90. The predicted octanol–water partition coefficient (Wildman–Crippen LogP) is 4.11. The highest BCUT2D eigenvalue weighted by Crippen LogP contribution is 2.15. The van der Waals surface area contributed by atoms with Crippen molar-refractivity contribution in [2.24, 2.45) is 0 Å². The second kappa shape index (κ2) is 8.16. The molecule has 0 saturated carbocycles. The second-order valence-corrected chi connectivity index (χ2v) is 6.04. The highest BCUT2D eigenvalue weighted by molar-refractivity contribution is 6.04. The van der Waals surface area contributed by atoms with Gasteiger partial charge >= 0.3 is 0 Å². The lowest BCUT2D eigenvalue weighted by Crippen LogP contribution is -2.08. The molecule has 3 nitrogen and oxygen atoms in total. The van der Waals surface area contributed by atoms with Gasteiger partial charge in [0, 0.05) is 39.6 Å². The average Bonchev–Trinajstić information content (AvgIpc) is 2.58. The predicted molar refractivity (Wildman–Crippen MR) is 105 cm³/mol. The topological polar surface area (TPSA) is 23.6 Å². The van der Waals surface area contributed by atoms with E-state index in [9.17, 15) is 4.79 Å². The lowest BCUT2D eigenvalue weighted by atomic mass is 10.1. The summed E-state index contributed by atoms with van der Waals surface area (Å²) in [6, 6.07) is 16.1. The minimum atomic E-state index is -0.0260. The molecule has 2 aromatic rings. The standard InChI is InChI=1S/C21H24N2O/c1-22(2)19-12-8-17(9-13-19)10-14-21(24)15-11-18-6-5-7-20(16-18)23(3)4/h5-16H,1-4H3/b14-10+,15-11+. The van der Waals surface area contributed by atoms with Gasteiger partial charge in [-0.1, -0.05) is 36.4 Å². The van der Waals surface area contributed by atoms with Crippen molar-refractivity contribution in [3.8, 4) is 0 Å². The number of carbonyl (C=O) groups excluding carboxylic acids is 1. The van der Waals surface area contributed by atoms with Gasteiger partial charge in [-0.15, -0.1) is 0 Å². The molecule has 0 fully saturated rings. The summed E-state index contributed by atoms with van der Waals surface area (Å²) in [6.45, 7) is 0. The molecular weight excluding hydrogens is 296 g/mol. The van der Waals surface area contributed by atoms with Gasteiger partial charge in [0.05, 0.1) is 0 Å². The smallest absolute Gasteiger partial charge is 0.178 e. The molecule has 2 rings (SSSR count). The van der Waals surface area contributed by atoms with E-state index < -0.39 is 0 Å². The van der Waals surface area contributed by atoms with Crippen molar-refractivity contribution in [3.63, 3.8) is 0 Å². The molecule has 0 aliphatic carbocycles. The van der Waals surface area contributed by atoms with Crippen LogP contribution in [0.15, 0.2) is 60.7 Å². The van der Waals surface area contributed by atoms with Gasteiger partial charge in [-0.3, -0.25) is 4.79 Å². The Morgan fingerprint density at radius 3 is 1.92 bits per heavy atom. The third-order valence-electron chi connectivity index (χ3n) is 3.68. The van der Waals surface area contributed by atoms with E-state index >= 15 is 0 Å². The van der Waals surface area contributed by atoms with Crippen LogP contribution in [0.2, 0.25) is 0 Å². The van der Waals surface area contributed by atoms with E-state index in [2.05, 4.69) is 0 Å². The maximum Gasteiger partial charge on any atom is 0.178 e. The van der Waals surface area contributed by atoms with Crippen molar-refractivity contribution in [2.75, 3.05) is 38.0 Å². The fourth-order valence-corrected chi connectivity index (χ4v) is 2.20. The van der Waals surface area contributed by atoms with Crippen LogP contribution in [0.5, 0.6) is 0 Å². The molecule has 0 unspecified atom stereocenters. The molecule has 124 valence electrons. The number of anilines is 2. The molecule has 0 N–H and O–H groups in total. The van der Waals surface area contributed by atoms with Gasteiger partial charge < -0.3 is 9.80 Å². The Morgan fingerprint density at radius 2 is 1.33 bits per heavy atom. The van der Waals surface area contributed by atoms with E-state index in [1.165, 1.54) is 0 Å². The summed E-state index contributed by atoms with van der Waals surface area (Å²) in [5.74, 6) is -0.0260. The third kappa shape index (κ3) is 5.13. The lowest BCUT2D eigenvalue weighted by Gasteiger charge is -2.12. The minimum absolute atomic E-state index is 0.0260. The van der Waals surface area contributed by atoms with Crippen molar-refractivity contribution in [2.45, 2.75) is 0 Å². The fraction of sp³-hybridized carbons (Fsp3) is 0.190. The Labute approximate surface area is 144 Å². The highest BCUT2D eigenvalue weighted by Gasteiger charge is 1.97. The van der Waals surface area contributed by atoms with Gasteiger partial charge in [-0.25, -0.2) is 0 Å². The molecule has 0 radical (unpaired) electrons. The Hall–Kier alpha value is -2.81. The van der Waals surface area contributed by atoms with Crippen LogP contribution in [-0.2, 0) is 4.79 Å². The zero-order valence-corrected chi connectivity index (χ0v) is 14.7. The first kappa shape index (κ1) is 17.5. The van der Waals surface area contributed by atoms with Crippen molar-refractivity contribution >= 4 is 29.3 Å². The van der Waals surface area contributed by atoms with Crippen molar-refractivity contribution < 1.29 is 4.79 Å². The number of hydrogen-bond acceptors (Lipinski definition) is 3. The van der Waals surface area contributed by atoms with Crippen LogP contribution in [0.4, 0.5) is 11.4 Å². The van der Waals surface area contributed by atoms with Crippen LogP contribution in [0.1, 0.15) is 11.1 Å². The van der Waals surface area contributed by atoms with Gasteiger partial charge in [-0.2, -0.15) is 0 Å². The largest absolute Gasteiger partial charge is 0.378 e. The SMILES string of the molecule is CN(C)c1ccc(/C=C/C(=O)/C=C/c2cccc(N(C)C)c2)cc1. The molecule has 0 aliphatic rings. The van der Waals surface area contributed by atoms with E-state index in [0.29, 0.717) is 0 Å². The number of ketones is 1. The number of rotatable bonds is 6. The maximum absolute atomic E-state index is 12.0. The van der Waals surface area contributed by atoms with Gasteiger partial charge in [0.1, 0.15) is 0 Å². The summed E-state index contributed by atoms with van der Waals surface area (Å²) in [7, 11) is 8.01.